The molecular weight excluding hydrogens is 380 g/mol. The van der Waals surface area contributed by atoms with Gasteiger partial charge in [0.1, 0.15) is 5.82 Å². The molecule has 0 spiro atoms. The number of benzene rings is 2. The van der Waals surface area contributed by atoms with Crippen LogP contribution >= 0.6 is 0 Å². The maximum Gasteiger partial charge on any atom is 0.419 e. The van der Waals surface area contributed by atoms with E-state index in [2.05, 4.69) is 4.72 Å². The first kappa shape index (κ1) is 19.8. The summed E-state index contributed by atoms with van der Waals surface area (Å²) in [5, 5.41) is 10.9. The number of halogens is 4. The van der Waals surface area contributed by atoms with Crippen molar-refractivity contribution in [2.24, 2.45) is 0 Å². The number of rotatable bonds is 6. The van der Waals surface area contributed by atoms with E-state index in [1.165, 1.54) is 18.2 Å². The van der Waals surface area contributed by atoms with Crippen LogP contribution in [0.25, 0.3) is 0 Å². The molecule has 0 amide bonds. The van der Waals surface area contributed by atoms with Gasteiger partial charge in [-0.3, -0.25) is 10.1 Å². The predicted molar refractivity (Wildman–Crippen MR) is 84.0 cm³/mol. The Morgan fingerprint density at radius 1 is 1.12 bits per heavy atom. The Hall–Kier alpha value is -2.53. The zero-order valence-corrected chi connectivity index (χ0v) is 13.8. The lowest BCUT2D eigenvalue weighted by molar-refractivity contribution is -0.385. The van der Waals surface area contributed by atoms with Gasteiger partial charge >= 0.3 is 6.18 Å². The molecule has 2 aromatic rings. The number of hydrogen-bond acceptors (Lipinski definition) is 4. The maximum absolute atomic E-state index is 13.5. The van der Waals surface area contributed by atoms with Crippen LogP contribution in [0.5, 0.6) is 0 Å². The van der Waals surface area contributed by atoms with Crippen LogP contribution in [0.15, 0.2) is 42.5 Å². The number of para-hydroxylation sites is 1. The Balaban J connectivity index is 2.12. The molecule has 0 saturated carbocycles. The summed E-state index contributed by atoms with van der Waals surface area (Å²) in [6.07, 6.45) is -4.85. The SMILES string of the molecule is O=[N+]([O-])c1ccccc1CS(=O)(=O)NCc1ccc(C(F)(F)F)c(F)c1. The number of nitrogens with one attached hydrogen (secondary N) is 1. The third-order valence-electron chi connectivity index (χ3n) is 3.37. The monoisotopic (exact) mass is 392 g/mol. The lowest BCUT2D eigenvalue weighted by Crippen LogP contribution is -2.25. The van der Waals surface area contributed by atoms with Crippen LogP contribution in [0.1, 0.15) is 16.7 Å². The van der Waals surface area contributed by atoms with Gasteiger partial charge in [0.25, 0.3) is 5.69 Å². The molecule has 0 bridgehead atoms. The number of hydrogen-bond donors (Lipinski definition) is 1. The van der Waals surface area contributed by atoms with Gasteiger partial charge in [-0.15, -0.1) is 0 Å². The van der Waals surface area contributed by atoms with Crippen molar-refractivity contribution in [2.45, 2.75) is 18.5 Å². The number of sulfonamides is 1. The summed E-state index contributed by atoms with van der Waals surface area (Å²) in [4.78, 5) is 10.2. The minimum atomic E-state index is -4.85. The topological polar surface area (TPSA) is 89.3 Å². The second-order valence-corrected chi connectivity index (χ2v) is 7.08. The second-order valence-electron chi connectivity index (χ2n) is 5.28. The van der Waals surface area contributed by atoms with Crippen molar-refractivity contribution in [3.8, 4) is 0 Å². The molecule has 0 saturated heterocycles. The minimum absolute atomic E-state index is 0.0263. The summed E-state index contributed by atoms with van der Waals surface area (Å²) in [6, 6.07) is 7.28. The van der Waals surface area contributed by atoms with Crippen molar-refractivity contribution in [2.75, 3.05) is 0 Å². The van der Waals surface area contributed by atoms with Crippen molar-refractivity contribution in [1.29, 1.82) is 0 Å². The first-order valence-electron chi connectivity index (χ1n) is 7.05. The molecule has 0 aliphatic rings. The summed E-state index contributed by atoms with van der Waals surface area (Å²) in [5.41, 5.74) is -1.91. The average molecular weight is 392 g/mol. The minimum Gasteiger partial charge on any atom is -0.258 e. The van der Waals surface area contributed by atoms with Gasteiger partial charge in [0, 0.05) is 18.2 Å². The Morgan fingerprint density at radius 2 is 1.77 bits per heavy atom. The summed E-state index contributed by atoms with van der Waals surface area (Å²) >= 11 is 0. The molecule has 0 aliphatic heterocycles. The fourth-order valence-corrected chi connectivity index (χ4v) is 3.30. The zero-order chi connectivity index (χ0) is 19.5. The van der Waals surface area contributed by atoms with Crippen LogP contribution in [-0.4, -0.2) is 13.3 Å². The molecule has 0 fully saturated rings. The third-order valence-corrected chi connectivity index (χ3v) is 4.64. The van der Waals surface area contributed by atoms with E-state index >= 15 is 0 Å². The summed E-state index contributed by atoms with van der Waals surface area (Å²) < 4.78 is 77.1. The molecule has 0 heterocycles. The van der Waals surface area contributed by atoms with Crippen molar-refractivity contribution in [3.05, 3.63) is 75.1 Å². The first-order chi connectivity index (χ1) is 12.0. The molecule has 1 N–H and O–H groups in total. The molecule has 6 nitrogen and oxygen atoms in total. The highest BCUT2D eigenvalue weighted by molar-refractivity contribution is 7.88. The fraction of sp³-hybridized carbons (Fsp3) is 0.200. The maximum atomic E-state index is 13.5. The highest BCUT2D eigenvalue weighted by atomic mass is 32.2. The van der Waals surface area contributed by atoms with E-state index in [-0.39, 0.29) is 16.8 Å². The van der Waals surface area contributed by atoms with Gasteiger partial charge in [0.15, 0.2) is 0 Å². The van der Waals surface area contributed by atoms with Gasteiger partial charge in [-0.1, -0.05) is 24.3 Å². The van der Waals surface area contributed by atoms with E-state index < -0.39 is 44.8 Å². The average Bonchev–Trinajstić information content (AvgIpc) is 2.52. The van der Waals surface area contributed by atoms with E-state index in [9.17, 15) is 36.1 Å². The van der Waals surface area contributed by atoms with Gasteiger partial charge in [0.2, 0.25) is 10.0 Å². The van der Waals surface area contributed by atoms with Gasteiger partial charge in [-0.05, 0) is 17.7 Å². The number of nitrogens with zero attached hydrogens (tertiary/aromatic N) is 1. The molecule has 0 radical (unpaired) electrons. The van der Waals surface area contributed by atoms with Crippen LogP contribution in [-0.2, 0) is 28.5 Å². The van der Waals surface area contributed by atoms with Crippen molar-refractivity contribution in [3.63, 3.8) is 0 Å². The summed E-state index contributed by atoms with van der Waals surface area (Å²) in [7, 11) is -4.04. The zero-order valence-electron chi connectivity index (χ0n) is 13.0. The predicted octanol–water partition coefficient (Wildman–Crippen LogP) is 3.37. The summed E-state index contributed by atoms with van der Waals surface area (Å²) in [5.74, 6) is -2.22. The van der Waals surface area contributed by atoms with Crippen molar-refractivity contribution < 1.29 is 30.9 Å². The first-order valence-corrected chi connectivity index (χ1v) is 8.70. The Labute approximate surface area is 145 Å². The van der Waals surface area contributed by atoms with Gasteiger partial charge in [0.05, 0.1) is 16.2 Å². The van der Waals surface area contributed by atoms with Gasteiger partial charge in [-0.2, -0.15) is 13.2 Å². The quantitative estimate of drug-likeness (QED) is 0.464. The Morgan fingerprint density at radius 3 is 2.35 bits per heavy atom. The molecule has 2 aromatic carbocycles. The molecule has 0 aliphatic carbocycles. The Kier molecular flexibility index (Phi) is 5.62. The highest BCUT2D eigenvalue weighted by Crippen LogP contribution is 2.31. The molecule has 26 heavy (non-hydrogen) atoms. The normalized spacial score (nSPS) is 12.2. The molecule has 0 unspecified atom stereocenters. The fourth-order valence-electron chi connectivity index (χ4n) is 2.16. The molecular formula is C15H12F4N2O4S. The molecule has 140 valence electrons. The van der Waals surface area contributed by atoms with E-state index in [1.807, 2.05) is 0 Å². The smallest absolute Gasteiger partial charge is 0.258 e. The molecule has 0 atom stereocenters. The van der Waals surface area contributed by atoms with Crippen LogP contribution in [0.4, 0.5) is 23.2 Å². The van der Waals surface area contributed by atoms with Crippen LogP contribution < -0.4 is 4.72 Å². The number of nitro benzene ring substituents is 1. The van der Waals surface area contributed by atoms with Gasteiger partial charge < -0.3 is 0 Å². The second kappa shape index (κ2) is 7.38. The van der Waals surface area contributed by atoms with Crippen LogP contribution in [0, 0.1) is 15.9 Å². The molecule has 0 aromatic heterocycles. The van der Waals surface area contributed by atoms with Crippen molar-refractivity contribution >= 4 is 15.7 Å². The van der Waals surface area contributed by atoms with Crippen LogP contribution in [0.2, 0.25) is 0 Å². The van der Waals surface area contributed by atoms with E-state index in [1.54, 1.807) is 0 Å². The largest absolute Gasteiger partial charge is 0.419 e. The van der Waals surface area contributed by atoms with Gasteiger partial charge in [-0.25, -0.2) is 17.5 Å². The number of alkyl halides is 3. The standard InChI is InChI=1S/C15H12F4N2O4S/c16-13-7-10(5-6-12(13)15(17,18)19)8-20-26(24,25)9-11-3-1-2-4-14(11)21(22)23/h1-7,20H,8-9H2. The van der Waals surface area contributed by atoms with E-state index in [0.717, 1.165) is 12.1 Å². The van der Waals surface area contributed by atoms with E-state index in [0.29, 0.717) is 12.1 Å². The van der Waals surface area contributed by atoms with E-state index in [4.69, 9.17) is 0 Å². The molecule has 11 heteroatoms. The lowest BCUT2D eigenvalue weighted by atomic mass is 10.1. The molecule has 2 rings (SSSR count). The highest BCUT2D eigenvalue weighted by Gasteiger charge is 2.33. The summed E-state index contributed by atoms with van der Waals surface area (Å²) in [6.45, 7) is -0.460. The third kappa shape index (κ3) is 4.99. The number of nitro groups is 1. The lowest BCUT2D eigenvalue weighted by Gasteiger charge is -2.10. The van der Waals surface area contributed by atoms with Crippen molar-refractivity contribution in [1.82, 2.24) is 4.72 Å². The Bertz CT molecular complexity index is 929. The van der Waals surface area contributed by atoms with Crippen LogP contribution in [0.3, 0.4) is 0 Å².